The molecule has 0 saturated carbocycles. The topological polar surface area (TPSA) is 58.6 Å². The van der Waals surface area contributed by atoms with Crippen LogP contribution < -0.4 is 10.1 Å². The summed E-state index contributed by atoms with van der Waals surface area (Å²) < 4.78 is 6.51. The standard InChI is InChI=1S/C21H23BrN2O3/c22-17-8-6-16(7-9-17)21(26)24-13-10-18(11-14-24)23-20(25)12-15-27-19-4-2-1-3-5-19/h1-9,18H,10-15H2,(H,23,25). The van der Waals surface area contributed by atoms with Crippen LogP contribution in [0.25, 0.3) is 0 Å². The van der Waals surface area contributed by atoms with Crippen molar-refractivity contribution in [3.63, 3.8) is 0 Å². The van der Waals surface area contributed by atoms with Crippen molar-refractivity contribution in [2.45, 2.75) is 25.3 Å². The number of likely N-dealkylation sites (tertiary alicyclic amines) is 1. The number of para-hydroxylation sites is 1. The average molecular weight is 431 g/mol. The van der Waals surface area contributed by atoms with Gasteiger partial charge in [0.1, 0.15) is 5.75 Å². The highest BCUT2D eigenvalue weighted by molar-refractivity contribution is 9.10. The number of hydrogen-bond acceptors (Lipinski definition) is 3. The highest BCUT2D eigenvalue weighted by Crippen LogP contribution is 2.16. The molecule has 0 aliphatic carbocycles. The van der Waals surface area contributed by atoms with Gasteiger partial charge in [0.05, 0.1) is 13.0 Å². The van der Waals surface area contributed by atoms with Crippen molar-refractivity contribution in [1.82, 2.24) is 10.2 Å². The summed E-state index contributed by atoms with van der Waals surface area (Å²) in [4.78, 5) is 26.5. The van der Waals surface area contributed by atoms with E-state index in [1.54, 1.807) is 0 Å². The van der Waals surface area contributed by atoms with Crippen LogP contribution >= 0.6 is 15.9 Å². The molecule has 0 bridgehead atoms. The van der Waals surface area contributed by atoms with E-state index in [9.17, 15) is 9.59 Å². The van der Waals surface area contributed by atoms with Crippen molar-refractivity contribution in [2.24, 2.45) is 0 Å². The van der Waals surface area contributed by atoms with Crippen LogP contribution in [0.15, 0.2) is 59.1 Å². The van der Waals surface area contributed by atoms with Gasteiger partial charge in [0.15, 0.2) is 0 Å². The lowest BCUT2D eigenvalue weighted by atomic mass is 10.0. The summed E-state index contributed by atoms with van der Waals surface area (Å²) in [5.74, 6) is 0.803. The number of carbonyl (C=O) groups excluding carboxylic acids is 2. The second-order valence-electron chi connectivity index (χ2n) is 6.55. The van der Waals surface area contributed by atoms with E-state index in [1.807, 2.05) is 59.5 Å². The van der Waals surface area contributed by atoms with Crippen LogP contribution in [-0.2, 0) is 4.79 Å². The molecule has 6 heteroatoms. The lowest BCUT2D eigenvalue weighted by Gasteiger charge is -2.32. The summed E-state index contributed by atoms with van der Waals surface area (Å²) in [6, 6.07) is 17.0. The molecule has 2 aromatic carbocycles. The number of amides is 2. The van der Waals surface area contributed by atoms with E-state index in [0.717, 1.165) is 23.1 Å². The van der Waals surface area contributed by atoms with Crippen LogP contribution in [-0.4, -0.2) is 42.5 Å². The maximum atomic E-state index is 12.5. The van der Waals surface area contributed by atoms with Crippen LogP contribution in [0.5, 0.6) is 5.75 Å². The Labute approximate surface area is 167 Å². The maximum absolute atomic E-state index is 12.5. The lowest BCUT2D eigenvalue weighted by Crippen LogP contribution is -2.46. The Hall–Kier alpha value is -2.34. The zero-order valence-corrected chi connectivity index (χ0v) is 16.7. The molecule has 2 amide bonds. The molecular formula is C21H23BrN2O3. The average Bonchev–Trinajstić information content (AvgIpc) is 2.69. The molecule has 0 unspecified atom stereocenters. The van der Waals surface area contributed by atoms with Gasteiger partial charge in [0.2, 0.25) is 5.91 Å². The fraction of sp³-hybridized carbons (Fsp3) is 0.333. The largest absolute Gasteiger partial charge is 0.493 e. The van der Waals surface area contributed by atoms with E-state index in [0.29, 0.717) is 31.7 Å². The van der Waals surface area contributed by atoms with Gasteiger partial charge in [-0.25, -0.2) is 0 Å². The van der Waals surface area contributed by atoms with Crippen LogP contribution in [0.3, 0.4) is 0 Å². The molecule has 1 N–H and O–H groups in total. The molecule has 142 valence electrons. The van der Waals surface area contributed by atoms with Crippen molar-refractivity contribution in [3.05, 3.63) is 64.6 Å². The third kappa shape index (κ3) is 5.82. The van der Waals surface area contributed by atoms with E-state index in [1.165, 1.54) is 0 Å². The number of benzene rings is 2. The number of piperidine rings is 1. The predicted molar refractivity (Wildman–Crippen MR) is 108 cm³/mol. The number of carbonyl (C=O) groups is 2. The number of hydrogen-bond donors (Lipinski definition) is 1. The summed E-state index contributed by atoms with van der Waals surface area (Å²) in [7, 11) is 0. The Kier molecular flexibility index (Phi) is 6.87. The van der Waals surface area contributed by atoms with E-state index >= 15 is 0 Å². The zero-order valence-electron chi connectivity index (χ0n) is 15.1. The molecule has 5 nitrogen and oxygen atoms in total. The quantitative estimate of drug-likeness (QED) is 0.760. The third-order valence-corrected chi connectivity index (χ3v) is 5.11. The van der Waals surface area contributed by atoms with E-state index in [4.69, 9.17) is 4.74 Å². The number of nitrogens with one attached hydrogen (secondary N) is 1. The molecule has 27 heavy (non-hydrogen) atoms. The van der Waals surface area contributed by atoms with Crippen molar-refractivity contribution >= 4 is 27.7 Å². The maximum Gasteiger partial charge on any atom is 0.253 e. The first-order chi connectivity index (χ1) is 13.1. The SMILES string of the molecule is O=C(CCOc1ccccc1)NC1CCN(C(=O)c2ccc(Br)cc2)CC1. The van der Waals surface area contributed by atoms with Gasteiger partial charge in [-0.1, -0.05) is 34.1 Å². The minimum absolute atomic E-state index is 0.0105. The van der Waals surface area contributed by atoms with Gasteiger partial charge in [-0.15, -0.1) is 0 Å². The van der Waals surface area contributed by atoms with E-state index in [2.05, 4.69) is 21.2 Å². The van der Waals surface area contributed by atoms with Gasteiger partial charge in [0.25, 0.3) is 5.91 Å². The van der Waals surface area contributed by atoms with Crippen molar-refractivity contribution in [2.75, 3.05) is 19.7 Å². The van der Waals surface area contributed by atoms with Crippen molar-refractivity contribution in [3.8, 4) is 5.75 Å². The molecule has 2 aromatic rings. The Morgan fingerprint density at radius 1 is 1.04 bits per heavy atom. The molecule has 1 saturated heterocycles. The first-order valence-corrected chi connectivity index (χ1v) is 9.93. The van der Waals surface area contributed by atoms with Crippen molar-refractivity contribution in [1.29, 1.82) is 0 Å². The minimum Gasteiger partial charge on any atom is -0.493 e. The number of rotatable bonds is 6. The molecule has 0 spiro atoms. The van der Waals surface area contributed by atoms with Crippen LogP contribution in [0, 0.1) is 0 Å². The molecule has 1 aliphatic heterocycles. The number of ether oxygens (including phenoxy) is 1. The summed E-state index contributed by atoms with van der Waals surface area (Å²) in [6.45, 7) is 1.66. The molecule has 1 fully saturated rings. The molecule has 0 aromatic heterocycles. The number of halogens is 1. The molecule has 1 aliphatic rings. The Morgan fingerprint density at radius 2 is 1.70 bits per heavy atom. The van der Waals surface area contributed by atoms with Gasteiger partial charge in [-0.2, -0.15) is 0 Å². The Bertz CT molecular complexity index is 757. The Balaban J connectivity index is 1.38. The summed E-state index contributed by atoms with van der Waals surface area (Å²) in [5, 5.41) is 3.05. The highest BCUT2D eigenvalue weighted by Gasteiger charge is 2.24. The Morgan fingerprint density at radius 3 is 2.37 bits per heavy atom. The molecular weight excluding hydrogens is 408 g/mol. The predicted octanol–water partition coefficient (Wildman–Crippen LogP) is 3.64. The van der Waals surface area contributed by atoms with Crippen LogP contribution in [0.4, 0.5) is 0 Å². The summed E-state index contributed by atoms with van der Waals surface area (Å²) >= 11 is 3.38. The minimum atomic E-state index is -0.0105. The van der Waals surface area contributed by atoms with E-state index < -0.39 is 0 Å². The van der Waals surface area contributed by atoms with Gasteiger partial charge in [-0.3, -0.25) is 9.59 Å². The fourth-order valence-corrected chi connectivity index (χ4v) is 3.34. The smallest absolute Gasteiger partial charge is 0.253 e. The van der Waals surface area contributed by atoms with Crippen LogP contribution in [0.1, 0.15) is 29.6 Å². The molecule has 0 atom stereocenters. The fourth-order valence-electron chi connectivity index (χ4n) is 3.08. The number of nitrogens with zero attached hydrogens (tertiary/aromatic N) is 1. The van der Waals surface area contributed by atoms with Crippen molar-refractivity contribution < 1.29 is 14.3 Å². The first kappa shape index (κ1) is 19.4. The molecule has 3 rings (SSSR count). The highest BCUT2D eigenvalue weighted by atomic mass is 79.9. The zero-order chi connectivity index (χ0) is 19.1. The normalized spacial score (nSPS) is 14.6. The van der Waals surface area contributed by atoms with Gasteiger partial charge >= 0.3 is 0 Å². The van der Waals surface area contributed by atoms with Gasteiger partial charge in [0, 0.05) is 29.2 Å². The van der Waals surface area contributed by atoms with Crippen LogP contribution in [0.2, 0.25) is 0 Å². The first-order valence-electron chi connectivity index (χ1n) is 9.14. The van der Waals surface area contributed by atoms with Gasteiger partial charge < -0.3 is 15.0 Å². The second-order valence-corrected chi connectivity index (χ2v) is 7.47. The second kappa shape index (κ2) is 9.55. The third-order valence-electron chi connectivity index (χ3n) is 4.58. The summed E-state index contributed by atoms with van der Waals surface area (Å²) in [5.41, 5.74) is 0.693. The van der Waals surface area contributed by atoms with E-state index in [-0.39, 0.29) is 17.9 Å². The van der Waals surface area contributed by atoms with Gasteiger partial charge in [-0.05, 0) is 49.2 Å². The molecule has 0 radical (unpaired) electrons. The monoisotopic (exact) mass is 430 g/mol. The summed E-state index contributed by atoms with van der Waals surface area (Å²) in [6.07, 6.45) is 1.87. The molecule has 1 heterocycles. The lowest BCUT2D eigenvalue weighted by molar-refractivity contribution is -0.122.